The molecule has 2 rings (SSSR count). The van der Waals surface area contributed by atoms with E-state index in [1.807, 2.05) is 0 Å². The average molecular weight is 285 g/mol. The van der Waals surface area contributed by atoms with Gasteiger partial charge in [0.1, 0.15) is 0 Å². The average Bonchev–Trinajstić information content (AvgIpc) is 2.28. The first kappa shape index (κ1) is 13.1. The summed E-state index contributed by atoms with van der Waals surface area (Å²) in [6.45, 7) is 0. The molecular weight excluding hydrogens is 278 g/mol. The minimum absolute atomic E-state index is 0.00266. The van der Waals surface area contributed by atoms with Gasteiger partial charge in [-0.15, -0.1) is 0 Å². The zero-order valence-corrected chi connectivity index (χ0v) is 9.96. The summed E-state index contributed by atoms with van der Waals surface area (Å²) in [6.07, 6.45) is 0. The van der Waals surface area contributed by atoms with E-state index in [4.69, 9.17) is 4.55 Å². The summed E-state index contributed by atoms with van der Waals surface area (Å²) in [4.78, 5) is 9.47. The maximum Gasteiger partial charge on any atom is 0.322 e. The van der Waals surface area contributed by atoms with Gasteiger partial charge in [-0.25, -0.2) is 0 Å². The van der Waals surface area contributed by atoms with Crippen LogP contribution in [0.2, 0.25) is 0 Å². The van der Waals surface area contributed by atoms with Crippen molar-refractivity contribution in [2.24, 2.45) is 0 Å². The van der Waals surface area contributed by atoms with Crippen molar-refractivity contribution in [2.75, 3.05) is 0 Å². The molecular formula is C10H7NO7S. The summed E-state index contributed by atoms with van der Waals surface area (Å²) in [6, 6.07) is 3.94. The maximum absolute atomic E-state index is 11.0. The number of fused-ring (bicyclic) bond motifs is 1. The maximum atomic E-state index is 11.0. The Morgan fingerprint density at radius 3 is 2.32 bits per heavy atom. The highest BCUT2D eigenvalue weighted by atomic mass is 32.2. The highest BCUT2D eigenvalue weighted by molar-refractivity contribution is 7.85. The van der Waals surface area contributed by atoms with E-state index in [9.17, 15) is 28.7 Å². The Morgan fingerprint density at radius 1 is 1.16 bits per heavy atom. The molecule has 0 fully saturated rings. The van der Waals surface area contributed by atoms with Crippen LogP contribution >= 0.6 is 0 Å². The van der Waals surface area contributed by atoms with Gasteiger partial charge in [-0.1, -0.05) is 0 Å². The number of hydrogen-bond acceptors (Lipinski definition) is 6. The van der Waals surface area contributed by atoms with Crippen LogP contribution in [0.15, 0.2) is 29.2 Å². The molecule has 0 amide bonds. The molecule has 100 valence electrons. The van der Waals surface area contributed by atoms with Gasteiger partial charge in [0.15, 0.2) is 5.75 Å². The summed E-state index contributed by atoms with van der Waals surface area (Å²) >= 11 is 0. The quantitative estimate of drug-likeness (QED) is 0.328. The van der Waals surface area contributed by atoms with E-state index in [2.05, 4.69) is 0 Å². The predicted octanol–water partition coefficient (Wildman–Crippen LogP) is 1.41. The molecule has 0 aliphatic rings. The van der Waals surface area contributed by atoms with E-state index in [1.165, 1.54) is 0 Å². The molecule has 0 saturated carbocycles. The second-order valence-electron chi connectivity index (χ2n) is 3.71. The number of phenolic OH excluding ortho intramolecular Hbond substituents is 2. The fraction of sp³-hybridized carbons (Fsp3) is 0. The van der Waals surface area contributed by atoms with Crippen molar-refractivity contribution in [3.63, 3.8) is 0 Å². The number of rotatable bonds is 2. The van der Waals surface area contributed by atoms with Crippen molar-refractivity contribution < 1.29 is 28.1 Å². The molecule has 8 nitrogen and oxygen atoms in total. The number of nitrogens with zero attached hydrogens (tertiary/aromatic N) is 1. The normalized spacial score (nSPS) is 11.6. The van der Waals surface area contributed by atoms with Crippen molar-refractivity contribution in [1.82, 2.24) is 0 Å². The molecule has 0 aliphatic heterocycles. The van der Waals surface area contributed by atoms with Gasteiger partial charge < -0.3 is 10.2 Å². The minimum Gasteiger partial charge on any atom is -0.504 e. The topological polar surface area (TPSA) is 138 Å². The van der Waals surface area contributed by atoms with Crippen molar-refractivity contribution in [2.45, 2.75) is 4.90 Å². The summed E-state index contributed by atoms with van der Waals surface area (Å²) in [7, 11) is -4.46. The SMILES string of the molecule is O=[N+]([O-])c1c(O)c(O)cc2cc(S(=O)(=O)O)ccc12. The van der Waals surface area contributed by atoms with E-state index < -0.39 is 37.1 Å². The van der Waals surface area contributed by atoms with Gasteiger partial charge in [0.25, 0.3) is 10.1 Å². The van der Waals surface area contributed by atoms with Gasteiger partial charge in [-0.3, -0.25) is 14.7 Å². The Kier molecular flexibility index (Phi) is 2.80. The Labute approximate surface area is 106 Å². The van der Waals surface area contributed by atoms with E-state index in [0.717, 1.165) is 24.3 Å². The van der Waals surface area contributed by atoms with E-state index in [-0.39, 0.29) is 10.8 Å². The molecule has 0 saturated heterocycles. The van der Waals surface area contributed by atoms with Crippen LogP contribution in [0.25, 0.3) is 10.8 Å². The first-order valence-electron chi connectivity index (χ1n) is 4.82. The van der Waals surface area contributed by atoms with Crippen LogP contribution in [0.3, 0.4) is 0 Å². The van der Waals surface area contributed by atoms with Gasteiger partial charge in [0.2, 0.25) is 5.75 Å². The molecule has 0 atom stereocenters. The third-order valence-electron chi connectivity index (χ3n) is 2.52. The van der Waals surface area contributed by atoms with Crippen LogP contribution in [-0.2, 0) is 10.1 Å². The zero-order chi connectivity index (χ0) is 14.4. The first-order chi connectivity index (χ1) is 8.71. The third kappa shape index (κ3) is 2.16. The van der Waals surface area contributed by atoms with Gasteiger partial charge in [0, 0.05) is 0 Å². The molecule has 2 aromatic carbocycles. The largest absolute Gasteiger partial charge is 0.504 e. The Morgan fingerprint density at radius 2 is 1.79 bits per heavy atom. The van der Waals surface area contributed by atoms with Gasteiger partial charge in [-0.05, 0) is 29.7 Å². The number of hydrogen-bond donors (Lipinski definition) is 3. The Hall–Kier alpha value is -2.39. The van der Waals surface area contributed by atoms with Crippen LogP contribution in [0.4, 0.5) is 5.69 Å². The third-order valence-corrected chi connectivity index (χ3v) is 3.37. The van der Waals surface area contributed by atoms with Crippen LogP contribution < -0.4 is 0 Å². The lowest BCUT2D eigenvalue weighted by Crippen LogP contribution is -1.98. The Bertz CT molecular complexity index is 797. The number of aromatic hydroxyl groups is 2. The smallest absolute Gasteiger partial charge is 0.322 e. The fourth-order valence-electron chi connectivity index (χ4n) is 1.69. The standard InChI is InChI=1S/C10H7NO7S/c12-8-4-5-3-6(19(16,17)18)1-2-7(5)9(10(8)13)11(14)15/h1-4,12-13H,(H,16,17,18). The molecule has 0 aliphatic carbocycles. The molecule has 3 N–H and O–H groups in total. The van der Waals surface area contributed by atoms with Gasteiger partial charge in [0.05, 0.1) is 15.2 Å². The fourth-order valence-corrected chi connectivity index (χ4v) is 2.20. The van der Waals surface area contributed by atoms with Crippen molar-refractivity contribution in [3.05, 3.63) is 34.4 Å². The second-order valence-corrected chi connectivity index (χ2v) is 5.13. The summed E-state index contributed by atoms with van der Waals surface area (Å²) < 4.78 is 30.8. The van der Waals surface area contributed by atoms with Crippen LogP contribution in [-0.4, -0.2) is 28.1 Å². The number of nitro groups is 1. The van der Waals surface area contributed by atoms with Gasteiger partial charge >= 0.3 is 5.69 Å². The van der Waals surface area contributed by atoms with Crippen LogP contribution in [0.5, 0.6) is 11.5 Å². The lowest BCUT2D eigenvalue weighted by Gasteiger charge is -2.05. The predicted molar refractivity (Wildman–Crippen MR) is 63.7 cm³/mol. The van der Waals surface area contributed by atoms with Crippen molar-refractivity contribution in [1.29, 1.82) is 0 Å². The molecule has 0 heterocycles. The van der Waals surface area contributed by atoms with E-state index >= 15 is 0 Å². The van der Waals surface area contributed by atoms with Crippen molar-refractivity contribution >= 4 is 26.6 Å². The van der Waals surface area contributed by atoms with Crippen LogP contribution in [0, 0.1) is 10.1 Å². The lowest BCUT2D eigenvalue weighted by atomic mass is 10.1. The summed E-state index contributed by atoms with van der Waals surface area (Å²) in [5.74, 6) is -1.66. The molecule has 0 radical (unpaired) electrons. The Balaban J connectivity index is 2.91. The van der Waals surface area contributed by atoms with E-state index in [1.54, 1.807) is 0 Å². The molecule has 0 unspecified atom stereocenters. The van der Waals surface area contributed by atoms with E-state index in [0.29, 0.717) is 0 Å². The zero-order valence-electron chi connectivity index (χ0n) is 9.14. The molecule has 2 aromatic rings. The lowest BCUT2D eigenvalue weighted by molar-refractivity contribution is -0.384. The number of nitro benzene ring substituents is 1. The number of benzene rings is 2. The number of phenols is 2. The molecule has 0 spiro atoms. The first-order valence-corrected chi connectivity index (χ1v) is 6.26. The highest BCUT2D eigenvalue weighted by Gasteiger charge is 2.23. The van der Waals surface area contributed by atoms with Crippen LogP contribution in [0.1, 0.15) is 0 Å². The van der Waals surface area contributed by atoms with Crippen molar-refractivity contribution in [3.8, 4) is 11.5 Å². The van der Waals surface area contributed by atoms with Gasteiger partial charge in [-0.2, -0.15) is 8.42 Å². The summed E-state index contributed by atoms with van der Waals surface area (Å²) in [5, 5.41) is 29.6. The molecule has 19 heavy (non-hydrogen) atoms. The second kappa shape index (κ2) is 4.07. The molecule has 0 aromatic heterocycles. The molecule has 0 bridgehead atoms. The monoisotopic (exact) mass is 285 g/mol. The molecule has 9 heteroatoms. The summed E-state index contributed by atoms with van der Waals surface area (Å²) in [5.41, 5.74) is -0.739. The minimum atomic E-state index is -4.46. The highest BCUT2D eigenvalue weighted by Crippen LogP contribution is 2.41.